The fourth-order valence-corrected chi connectivity index (χ4v) is 2.84. The molecule has 1 N–H and O–H groups in total. The van der Waals surface area contributed by atoms with Gasteiger partial charge in [0, 0.05) is 17.6 Å². The minimum atomic E-state index is 0.578. The largest absolute Gasteiger partial charge is 0.497 e. The summed E-state index contributed by atoms with van der Waals surface area (Å²) in [6.07, 6.45) is 8.42. The highest BCUT2D eigenvalue weighted by molar-refractivity contribution is 5.92. The number of ether oxygens (including phenoxy) is 1. The highest BCUT2D eigenvalue weighted by Crippen LogP contribution is 2.28. The summed E-state index contributed by atoms with van der Waals surface area (Å²) in [4.78, 5) is 4.50. The van der Waals surface area contributed by atoms with Crippen molar-refractivity contribution >= 4 is 16.6 Å². The van der Waals surface area contributed by atoms with Gasteiger partial charge < -0.3 is 10.1 Å². The molecule has 0 unspecified atom stereocenters. The van der Waals surface area contributed by atoms with E-state index < -0.39 is 0 Å². The average Bonchev–Trinajstić information content (AvgIpc) is 2.48. The third-order valence-corrected chi connectivity index (χ3v) is 3.92. The SMILES string of the molecule is COc1ccc2c(NC3CCCCC3)nccc2c1. The topological polar surface area (TPSA) is 34.1 Å². The molecule has 3 rings (SSSR count). The zero-order valence-electron chi connectivity index (χ0n) is 11.4. The molecule has 0 saturated heterocycles. The van der Waals surface area contributed by atoms with Gasteiger partial charge in [-0.2, -0.15) is 0 Å². The second-order valence-corrected chi connectivity index (χ2v) is 5.23. The lowest BCUT2D eigenvalue weighted by Gasteiger charge is -2.23. The van der Waals surface area contributed by atoms with Crippen molar-refractivity contribution in [2.24, 2.45) is 0 Å². The van der Waals surface area contributed by atoms with Crippen LogP contribution in [0.25, 0.3) is 10.8 Å². The van der Waals surface area contributed by atoms with Crippen molar-refractivity contribution in [2.75, 3.05) is 12.4 Å². The smallest absolute Gasteiger partial charge is 0.134 e. The van der Waals surface area contributed by atoms with Crippen LogP contribution in [0.4, 0.5) is 5.82 Å². The van der Waals surface area contributed by atoms with Crippen molar-refractivity contribution in [1.82, 2.24) is 4.98 Å². The van der Waals surface area contributed by atoms with E-state index in [0.717, 1.165) is 11.6 Å². The minimum Gasteiger partial charge on any atom is -0.497 e. The maximum Gasteiger partial charge on any atom is 0.134 e. The molecule has 1 saturated carbocycles. The summed E-state index contributed by atoms with van der Waals surface area (Å²) >= 11 is 0. The second kappa shape index (κ2) is 5.47. The van der Waals surface area contributed by atoms with Crippen molar-refractivity contribution in [2.45, 2.75) is 38.1 Å². The number of nitrogens with zero attached hydrogens (tertiary/aromatic N) is 1. The van der Waals surface area contributed by atoms with Crippen molar-refractivity contribution in [1.29, 1.82) is 0 Å². The van der Waals surface area contributed by atoms with Crippen LogP contribution in [-0.2, 0) is 0 Å². The van der Waals surface area contributed by atoms with E-state index in [1.165, 1.54) is 42.9 Å². The molecule has 0 spiro atoms. The molecule has 1 aliphatic carbocycles. The van der Waals surface area contributed by atoms with Crippen LogP contribution >= 0.6 is 0 Å². The number of methoxy groups -OCH3 is 1. The number of aromatic nitrogens is 1. The van der Waals surface area contributed by atoms with Crippen molar-refractivity contribution in [3.8, 4) is 5.75 Å². The summed E-state index contributed by atoms with van der Waals surface area (Å²) in [5.74, 6) is 1.90. The van der Waals surface area contributed by atoms with Gasteiger partial charge in [-0.1, -0.05) is 19.3 Å². The molecule has 0 atom stereocenters. The molecule has 19 heavy (non-hydrogen) atoms. The normalized spacial score (nSPS) is 16.5. The Hall–Kier alpha value is -1.77. The summed E-state index contributed by atoms with van der Waals surface area (Å²) in [6, 6.07) is 8.75. The first kappa shape index (κ1) is 12.3. The molecule has 0 aliphatic heterocycles. The van der Waals surface area contributed by atoms with Crippen LogP contribution in [0, 0.1) is 0 Å². The first-order valence-corrected chi connectivity index (χ1v) is 7.06. The van der Waals surface area contributed by atoms with Gasteiger partial charge in [-0.15, -0.1) is 0 Å². The van der Waals surface area contributed by atoms with Crippen LogP contribution < -0.4 is 10.1 Å². The molecule has 2 aromatic rings. The number of rotatable bonds is 3. The molecule has 3 nitrogen and oxygen atoms in total. The first-order valence-electron chi connectivity index (χ1n) is 7.06. The number of nitrogens with one attached hydrogen (secondary N) is 1. The quantitative estimate of drug-likeness (QED) is 0.901. The van der Waals surface area contributed by atoms with Gasteiger partial charge in [0.25, 0.3) is 0 Å². The van der Waals surface area contributed by atoms with E-state index >= 15 is 0 Å². The monoisotopic (exact) mass is 256 g/mol. The van der Waals surface area contributed by atoms with Crippen LogP contribution in [0.2, 0.25) is 0 Å². The van der Waals surface area contributed by atoms with Gasteiger partial charge in [0.1, 0.15) is 11.6 Å². The van der Waals surface area contributed by atoms with E-state index in [-0.39, 0.29) is 0 Å². The Balaban J connectivity index is 1.90. The summed E-state index contributed by atoms with van der Waals surface area (Å²) in [7, 11) is 1.70. The molecule has 0 bridgehead atoms. The van der Waals surface area contributed by atoms with Crippen LogP contribution in [-0.4, -0.2) is 18.1 Å². The van der Waals surface area contributed by atoms with E-state index in [1.807, 2.05) is 18.3 Å². The Labute approximate surface area is 114 Å². The number of hydrogen-bond donors (Lipinski definition) is 1. The molecule has 1 aliphatic rings. The van der Waals surface area contributed by atoms with Gasteiger partial charge in [-0.3, -0.25) is 0 Å². The summed E-state index contributed by atoms with van der Waals surface area (Å²) in [5, 5.41) is 5.96. The average molecular weight is 256 g/mol. The highest BCUT2D eigenvalue weighted by Gasteiger charge is 2.14. The molecule has 3 heteroatoms. The van der Waals surface area contributed by atoms with Crippen LogP contribution in [0.1, 0.15) is 32.1 Å². The predicted molar refractivity (Wildman–Crippen MR) is 78.8 cm³/mol. The molecule has 1 heterocycles. The fraction of sp³-hybridized carbons (Fsp3) is 0.438. The molecule has 0 amide bonds. The third kappa shape index (κ3) is 2.65. The van der Waals surface area contributed by atoms with Gasteiger partial charge >= 0.3 is 0 Å². The molecule has 100 valence electrons. The number of hydrogen-bond acceptors (Lipinski definition) is 3. The standard InChI is InChI=1S/C16H20N2O/c1-19-14-7-8-15-12(11-14)9-10-17-16(15)18-13-5-3-2-4-6-13/h7-11,13H,2-6H2,1H3,(H,17,18). The van der Waals surface area contributed by atoms with E-state index in [9.17, 15) is 0 Å². The number of benzene rings is 1. The lowest BCUT2D eigenvalue weighted by Crippen LogP contribution is -2.22. The van der Waals surface area contributed by atoms with Crippen LogP contribution in [0.5, 0.6) is 5.75 Å². The summed E-state index contributed by atoms with van der Waals surface area (Å²) in [6.45, 7) is 0. The van der Waals surface area contributed by atoms with Gasteiger partial charge in [-0.25, -0.2) is 4.98 Å². The lowest BCUT2D eigenvalue weighted by atomic mass is 9.95. The van der Waals surface area contributed by atoms with Crippen molar-refractivity contribution < 1.29 is 4.74 Å². The van der Waals surface area contributed by atoms with Gasteiger partial charge in [0.2, 0.25) is 0 Å². The third-order valence-electron chi connectivity index (χ3n) is 3.92. The maximum absolute atomic E-state index is 5.27. The second-order valence-electron chi connectivity index (χ2n) is 5.23. The minimum absolute atomic E-state index is 0.578. The molecular weight excluding hydrogens is 236 g/mol. The van der Waals surface area contributed by atoms with Crippen LogP contribution in [0.3, 0.4) is 0 Å². The predicted octanol–water partition coefficient (Wildman–Crippen LogP) is 3.99. The molecular formula is C16H20N2O. The Kier molecular flexibility index (Phi) is 3.53. The van der Waals surface area contributed by atoms with Gasteiger partial charge in [0.15, 0.2) is 0 Å². The summed E-state index contributed by atoms with van der Waals surface area (Å²) in [5.41, 5.74) is 0. The molecule has 0 radical (unpaired) electrons. The van der Waals surface area contributed by atoms with E-state index in [0.29, 0.717) is 6.04 Å². The zero-order valence-corrected chi connectivity index (χ0v) is 11.4. The fourth-order valence-electron chi connectivity index (χ4n) is 2.84. The van der Waals surface area contributed by atoms with Crippen LogP contribution in [0.15, 0.2) is 30.5 Å². The van der Waals surface area contributed by atoms with E-state index in [2.05, 4.69) is 22.4 Å². The number of fused-ring (bicyclic) bond motifs is 1. The summed E-state index contributed by atoms with van der Waals surface area (Å²) < 4.78 is 5.27. The Morgan fingerprint density at radius 1 is 1.16 bits per heavy atom. The maximum atomic E-state index is 5.27. The number of pyridine rings is 1. The highest BCUT2D eigenvalue weighted by atomic mass is 16.5. The number of anilines is 1. The first-order chi connectivity index (χ1) is 9.36. The molecule has 1 aromatic carbocycles. The van der Waals surface area contributed by atoms with Gasteiger partial charge in [0.05, 0.1) is 7.11 Å². The van der Waals surface area contributed by atoms with Gasteiger partial charge in [-0.05, 0) is 42.5 Å². The van der Waals surface area contributed by atoms with E-state index in [4.69, 9.17) is 4.74 Å². The Morgan fingerprint density at radius 2 is 2.00 bits per heavy atom. The molecule has 1 fully saturated rings. The Morgan fingerprint density at radius 3 is 2.79 bits per heavy atom. The van der Waals surface area contributed by atoms with Crippen molar-refractivity contribution in [3.05, 3.63) is 30.5 Å². The van der Waals surface area contributed by atoms with E-state index in [1.54, 1.807) is 7.11 Å². The van der Waals surface area contributed by atoms with Crippen molar-refractivity contribution in [3.63, 3.8) is 0 Å². The molecule has 1 aromatic heterocycles. The Bertz CT molecular complexity index is 562. The lowest BCUT2D eigenvalue weighted by molar-refractivity contribution is 0.415. The zero-order chi connectivity index (χ0) is 13.1.